The zero-order chi connectivity index (χ0) is 12.1. The van der Waals surface area contributed by atoms with Crippen molar-refractivity contribution in [1.29, 1.82) is 0 Å². The molecule has 5 atom stereocenters. The van der Waals surface area contributed by atoms with Gasteiger partial charge in [0.2, 0.25) is 5.91 Å². The second-order valence-corrected chi connectivity index (χ2v) is 7.25. The standard InChI is InChI=1S/C16H25NO/c18-16(10-4-1-2-5-10)17-15-9-11-8-14(15)13-7-3-6-12(11)13/h10-15H,1-9H2,(H,17,18). The summed E-state index contributed by atoms with van der Waals surface area (Å²) in [7, 11) is 0. The van der Waals surface area contributed by atoms with Crippen LogP contribution in [-0.4, -0.2) is 11.9 Å². The van der Waals surface area contributed by atoms with Crippen LogP contribution >= 0.6 is 0 Å². The topological polar surface area (TPSA) is 29.1 Å². The van der Waals surface area contributed by atoms with E-state index in [1.54, 1.807) is 0 Å². The van der Waals surface area contributed by atoms with Crippen molar-refractivity contribution >= 4 is 5.91 Å². The summed E-state index contributed by atoms with van der Waals surface area (Å²) < 4.78 is 0. The maximum Gasteiger partial charge on any atom is 0.223 e. The van der Waals surface area contributed by atoms with Gasteiger partial charge in [0.1, 0.15) is 0 Å². The van der Waals surface area contributed by atoms with Crippen molar-refractivity contribution in [2.75, 3.05) is 0 Å². The molecule has 4 aliphatic rings. The highest BCUT2D eigenvalue weighted by Gasteiger charge is 2.54. The number of fused-ring (bicyclic) bond motifs is 5. The molecule has 2 heteroatoms. The minimum absolute atomic E-state index is 0.350. The molecule has 0 aromatic carbocycles. The lowest BCUT2D eigenvalue weighted by atomic mass is 9.79. The van der Waals surface area contributed by atoms with Crippen LogP contribution < -0.4 is 5.32 Å². The molecule has 4 fully saturated rings. The van der Waals surface area contributed by atoms with Gasteiger partial charge in [0, 0.05) is 12.0 Å². The fourth-order valence-corrected chi connectivity index (χ4v) is 5.72. The average Bonchev–Trinajstić information content (AvgIpc) is 3.11. The molecule has 2 bridgehead atoms. The van der Waals surface area contributed by atoms with E-state index < -0.39 is 0 Å². The molecule has 4 rings (SSSR count). The minimum Gasteiger partial charge on any atom is -0.353 e. The Hall–Kier alpha value is -0.530. The van der Waals surface area contributed by atoms with Crippen molar-refractivity contribution in [3.8, 4) is 0 Å². The summed E-state index contributed by atoms with van der Waals surface area (Å²) in [4.78, 5) is 12.3. The molecule has 0 heterocycles. The third kappa shape index (κ3) is 1.64. The lowest BCUT2D eigenvalue weighted by Crippen LogP contribution is -2.44. The summed E-state index contributed by atoms with van der Waals surface area (Å²) >= 11 is 0. The highest BCUT2D eigenvalue weighted by molar-refractivity contribution is 5.79. The van der Waals surface area contributed by atoms with Crippen LogP contribution in [0, 0.1) is 29.6 Å². The van der Waals surface area contributed by atoms with Crippen LogP contribution in [0.15, 0.2) is 0 Å². The molecule has 0 radical (unpaired) electrons. The van der Waals surface area contributed by atoms with Crippen LogP contribution in [0.4, 0.5) is 0 Å². The van der Waals surface area contributed by atoms with Gasteiger partial charge in [0.05, 0.1) is 0 Å². The molecule has 2 nitrogen and oxygen atoms in total. The van der Waals surface area contributed by atoms with E-state index in [-0.39, 0.29) is 0 Å². The third-order valence-corrected chi connectivity index (χ3v) is 6.48. The number of carbonyl (C=O) groups excluding carboxylic acids is 1. The summed E-state index contributed by atoms with van der Waals surface area (Å²) in [6, 6.07) is 0.544. The molecule has 0 saturated heterocycles. The van der Waals surface area contributed by atoms with Gasteiger partial charge in [-0.2, -0.15) is 0 Å². The Bertz CT molecular complexity index is 347. The molecule has 0 aromatic rings. The summed E-state index contributed by atoms with van der Waals surface area (Å²) in [6.07, 6.45) is 11.9. The van der Waals surface area contributed by atoms with Gasteiger partial charge < -0.3 is 5.32 Å². The molecule has 4 aliphatic carbocycles. The fraction of sp³-hybridized carbons (Fsp3) is 0.938. The zero-order valence-corrected chi connectivity index (χ0v) is 11.2. The molecule has 0 aliphatic heterocycles. The smallest absolute Gasteiger partial charge is 0.223 e. The van der Waals surface area contributed by atoms with Crippen LogP contribution in [0.5, 0.6) is 0 Å². The van der Waals surface area contributed by atoms with Gasteiger partial charge in [-0.25, -0.2) is 0 Å². The van der Waals surface area contributed by atoms with E-state index in [0.29, 0.717) is 17.9 Å². The van der Waals surface area contributed by atoms with Gasteiger partial charge in [0.15, 0.2) is 0 Å². The predicted octanol–water partition coefficient (Wildman–Crippen LogP) is 3.12. The van der Waals surface area contributed by atoms with Crippen molar-refractivity contribution < 1.29 is 4.79 Å². The van der Waals surface area contributed by atoms with E-state index in [4.69, 9.17) is 0 Å². The Kier molecular flexibility index (Phi) is 2.67. The number of hydrogen-bond donors (Lipinski definition) is 1. The van der Waals surface area contributed by atoms with E-state index >= 15 is 0 Å². The normalized spacial score (nSPS) is 46.6. The van der Waals surface area contributed by atoms with Crippen molar-refractivity contribution in [1.82, 2.24) is 5.32 Å². The minimum atomic E-state index is 0.350. The van der Waals surface area contributed by atoms with Crippen LogP contribution in [0.1, 0.15) is 57.8 Å². The SMILES string of the molecule is O=C(NC1CC2CC1C1CCCC21)C1CCCC1. The Balaban J connectivity index is 1.40. The summed E-state index contributed by atoms with van der Waals surface area (Å²) in [5, 5.41) is 3.43. The quantitative estimate of drug-likeness (QED) is 0.798. The van der Waals surface area contributed by atoms with Crippen molar-refractivity contribution in [3.05, 3.63) is 0 Å². The Morgan fingerprint density at radius 2 is 1.61 bits per heavy atom. The first-order valence-corrected chi connectivity index (χ1v) is 8.13. The number of nitrogens with one attached hydrogen (secondary N) is 1. The Labute approximate surface area is 110 Å². The second kappa shape index (κ2) is 4.25. The van der Waals surface area contributed by atoms with Crippen molar-refractivity contribution in [2.45, 2.75) is 63.8 Å². The highest BCUT2D eigenvalue weighted by atomic mass is 16.1. The lowest BCUT2D eigenvalue weighted by molar-refractivity contribution is -0.126. The van der Waals surface area contributed by atoms with E-state index in [0.717, 1.165) is 36.5 Å². The van der Waals surface area contributed by atoms with Crippen LogP contribution in [0.2, 0.25) is 0 Å². The summed E-state index contributed by atoms with van der Waals surface area (Å²) in [6.45, 7) is 0. The van der Waals surface area contributed by atoms with Crippen LogP contribution in [-0.2, 0) is 4.79 Å². The van der Waals surface area contributed by atoms with Crippen molar-refractivity contribution in [3.63, 3.8) is 0 Å². The van der Waals surface area contributed by atoms with Gasteiger partial charge in [-0.15, -0.1) is 0 Å². The molecule has 1 amide bonds. The van der Waals surface area contributed by atoms with Crippen LogP contribution in [0.25, 0.3) is 0 Å². The fourth-order valence-electron chi connectivity index (χ4n) is 5.72. The lowest BCUT2D eigenvalue weighted by Gasteiger charge is -2.32. The molecule has 4 saturated carbocycles. The average molecular weight is 247 g/mol. The summed E-state index contributed by atoms with van der Waals surface area (Å²) in [5.41, 5.74) is 0. The van der Waals surface area contributed by atoms with Crippen LogP contribution in [0.3, 0.4) is 0 Å². The Morgan fingerprint density at radius 1 is 0.833 bits per heavy atom. The molecule has 18 heavy (non-hydrogen) atoms. The molecule has 100 valence electrons. The third-order valence-electron chi connectivity index (χ3n) is 6.48. The van der Waals surface area contributed by atoms with E-state index in [1.807, 2.05) is 0 Å². The predicted molar refractivity (Wildman–Crippen MR) is 70.9 cm³/mol. The first kappa shape index (κ1) is 11.3. The van der Waals surface area contributed by atoms with Crippen molar-refractivity contribution in [2.24, 2.45) is 29.6 Å². The van der Waals surface area contributed by atoms with Gasteiger partial charge >= 0.3 is 0 Å². The first-order chi connectivity index (χ1) is 8.83. The first-order valence-electron chi connectivity index (χ1n) is 8.13. The van der Waals surface area contributed by atoms with Gasteiger partial charge in [-0.3, -0.25) is 4.79 Å². The zero-order valence-electron chi connectivity index (χ0n) is 11.2. The molecule has 0 aromatic heterocycles. The molecular weight excluding hydrogens is 222 g/mol. The number of amides is 1. The van der Waals surface area contributed by atoms with E-state index in [9.17, 15) is 4.79 Å². The molecule has 1 N–H and O–H groups in total. The van der Waals surface area contributed by atoms with Gasteiger partial charge in [0.25, 0.3) is 0 Å². The molecular formula is C16H25NO. The number of rotatable bonds is 2. The molecule has 5 unspecified atom stereocenters. The Morgan fingerprint density at radius 3 is 2.44 bits per heavy atom. The maximum absolute atomic E-state index is 12.3. The molecule has 0 spiro atoms. The van der Waals surface area contributed by atoms with E-state index in [1.165, 1.54) is 44.9 Å². The highest BCUT2D eigenvalue weighted by Crippen LogP contribution is 2.58. The monoisotopic (exact) mass is 247 g/mol. The number of carbonyl (C=O) groups is 1. The second-order valence-electron chi connectivity index (χ2n) is 7.25. The van der Waals surface area contributed by atoms with Gasteiger partial charge in [-0.1, -0.05) is 19.3 Å². The number of hydrogen-bond acceptors (Lipinski definition) is 1. The van der Waals surface area contributed by atoms with E-state index in [2.05, 4.69) is 5.32 Å². The summed E-state index contributed by atoms with van der Waals surface area (Å²) in [5.74, 6) is 4.54. The largest absolute Gasteiger partial charge is 0.353 e. The maximum atomic E-state index is 12.3. The van der Waals surface area contributed by atoms with Gasteiger partial charge in [-0.05, 0) is 62.2 Å².